The lowest BCUT2D eigenvalue weighted by Crippen LogP contribution is -2.29. The molecule has 0 aromatic rings. The Labute approximate surface area is 360 Å². The Bertz CT molecular complexity index is 1150. The minimum atomic E-state index is -4.82. The largest absolute Gasteiger partial charge is 0.469 e. The Balaban J connectivity index is 4.05. The highest BCUT2D eigenvalue weighted by Crippen LogP contribution is 2.36. The molecular weight excluding hydrogens is 767 g/mol. The van der Waals surface area contributed by atoms with E-state index in [0.717, 1.165) is 31.6 Å². The van der Waals surface area contributed by atoms with Crippen LogP contribution in [0.4, 0.5) is 0 Å². The maximum atomic E-state index is 12.5. The first-order valence-electron chi connectivity index (χ1n) is 23.5. The van der Waals surface area contributed by atoms with Crippen molar-refractivity contribution in [2.75, 3.05) is 13.2 Å². The van der Waals surface area contributed by atoms with Gasteiger partial charge < -0.3 is 29.5 Å². The van der Waals surface area contributed by atoms with Crippen LogP contribution in [-0.2, 0) is 28.2 Å². The Kier molecular flexibility index (Phi) is 39.8. The van der Waals surface area contributed by atoms with Crippen LogP contribution >= 0.6 is 7.82 Å². The van der Waals surface area contributed by atoms with E-state index >= 15 is 0 Å². The number of aliphatic hydroxyl groups is 2. The molecule has 0 aromatic carbocycles. The van der Waals surface area contributed by atoms with E-state index in [1.54, 1.807) is 36.5 Å². The lowest BCUT2D eigenvalue weighted by Gasteiger charge is -2.18. The standard InChI is InChI=1S/C48H87O10P/c1-4-6-7-8-24-29-35-44(49)36-30-26-27-31-37-45(50)38-33-40-47(51)56-41-46(42-57-59(53,54)55)58-48(52)39-32-25-22-20-18-16-14-12-10-9-11-13-15-17-19-21-23-28-34-43(3)5-2/h24,26-27,29-31,36-37,43-46,49-50H,4-23,25,28,32-35,38-42H2,1-3H3,(H2,53,54,55)/b27-26+,29-24-,36-30+,37-31-/t43?,44-,45-,46-/m1/s1. The molecule has 344 valence electrons. The highest BCUT2D eigenvalue weighted by Gasteiger charge is 2.23. The topological polar surface area (TPSA) is 160 Å². The number of aliphatic hydroxyl groups excluding tert-OH is 2. The normalized spacial score (nSPS) is 14.5. The third-order valence-corrected chi connectivity index (χ3v) is 11.1. The van der Waals surface area contributed by atoms with Gasteiger partial charge >= 0.3 is 19.8 Å². The zero-order valence-corrected chi connectivity index (χ0v) is 38.4. The van der Waals surface area contributed by atoms with Crippen LogP contribution in [0.25, 0.3) is 0 Å². The summed E-state index contributed by atoms with van der Waals surface area (Å²) < 4.78 is 26.3. The number of phosphoric ester groups is 1. The quantitative estimate of drug-likeness (QED) is 0.0153. The van der Waals surface area contributed by atoms with Crippen molar-refractivity contribution in [1.82, 2.24) is 0 Å². The maximum absolute atomic E-state index is 12.5. The Hall–Kier alpha value is -2.07. The van der Waals surface area contributed by atoms with Crippen molar-refractivity contribution in [1.29, 1.82) is 0 Å². The van der Waals surface area contributed by atoms with Gasteiger partial charge in [0.25, 0.3) is 0 Å². The van der Waals surface area contributed by atoms with Gasteiger partial charge in [-0.3, -0.25) is 14.1 Å². The summed E-state index contributed by atoms with van der Waals surface area (Å²) in [6.07, 6.45) is 43.2. The second-order valence-electron chi connectivity index (χ2n) is 16.4. The third-order valence-electron chi connectivity index (χ3n) is 10.6. The van der Waals surface area contributed by atoms with Gasteiger partial charge in [-0.25, -0.2) is 4.57 Å². The first kappa shape index (κ1) is 56.9. The smallest absolute Gasteiger partial charge is 0.462 e. The molecule has 0 fully saturated rings. The molecule has 11 heteroatoms. The van der Waals surface area contributed by atoms with Crippen molar-refractivity contribution in [3.05, 3.63) is 48.6 Å². The SMILES string of the molecule is CCCCC/C=C\C[C@@H](O)/C=C/C=C/C=C\[C@@H](O)CCCC(=O)OC[C@H](COP(=O)(O)O)OC(=O)CCCCCCCCCCCCCCCCCCCCC(C)CC. The van der Waals surface area contributed by atoms with Crippen LogP contribution in [0.15, 0.2) is 48.6 Å². The number of carbonyl (C=O) groups is 2. The van der Waals surface area contributed by atoms with E-state index in [1.807, 2.05) is 6.08 Å². The van der Waals surface area contributed by atoms with E-state index in [4.69, 9.17) is 19.3 Å². The number of phosphoric acid groups is 1. The van der Waals surface area contributed by atoms with E-state index in [2.05, 4.69) is 31.4 Å². The lowest BCUT2D eigenvalue weighted by molar-refractivity contribution is -0.161. The van der Waals surface area contributed by atoms with E-state index < -0.39 is 51.3 Å². The zero-order chi connectivity index (χ0) is 43.7. The second kappa shape index (κ2) is 41.3. The molecule has 4 atom stereocenters. The van der Waals surface area contributed by atoms with Crippen LogP contribution in [-0.4, -0.2) is 63.5 Å². The molecule has 0 aromatic heterocycles. The van der Waals surface area contributed by atoms with Crippen molar-refractivity contribution >= 4 is 19.8 Å². The number of unbranched alkanes of at least 4 members (excludes halogenated alkanes) is 20. The highest BCUT2D eigenvalue weighted by atomic mass is 31.2. The molecule has 0 radical (unpaired) electrons. The van der Waals surface area contributed by atoms with E-state index in [1.165, 1.54) is 122 Å². The van der Waals surface area contributed by atoms with Crippen LogP contribution in [0.3, 0.4) is 0 Å². The number of ether oxygens (including phenoxy) is 2. The van der Waals surface area contributed by atoms with Gasteiger partial charge in [0.05, 0.1) is 18.8 Å². The number of esters is 2. The maximum Gasteiger partial charge on any atom is 0.469 e. The molecule has 0 amide bonds. The minimum Gasteiger partial charge on any atom is -0.462 e. The van der Waals surface area contributed by atoms with E-state index in [0.29, 0.717) is 25.7 Å². The summed E-state index contributed by atoms with van der Waals surface area (Å²) in [5, 5.41) is 20.2. The summed E-state index contributed by atoms with van der Waals surface area (Å²) in [6, 6.07) is 0. The number of carbonyl (C=O) groups excluding carboxylic acids is 2. The van der Waals surface area contributed by atoms with Crippen LogP contribution < -0.4 is 0 Å². The van der Waals surface area contributed by atoms with E-state index in [9.17, 15) is 24.4 Å². The number of hydrogen-bond acceptors (Lipinski definition) is 8. The van der Waals surface area contributed by atoms with Crippen LogP contribution in [0, 0.1) is 5.92 Å². The number of rotatable bonds is 42. The molecule has 0 aliphatic heterocycles. The number of hydrogen-bond donors (Lipinski definition) is 4. The highest BCUT2D eigenvalue weighted by molar-refractivity contribution is 7.46. The van der Waals surface area contributed by atoms with Crippen molar-refractivity contribution in [2.24, 2.45) is 5.92 Å². The minimum absolute atomic E-state index is 0.00743. The number of allylic oxidation sites excluding steroid dienone is 5. The van der Waals surface area contributed by atoms with Gasteiger partial charge in [-0.05, 0) is 44.4 Å². The van der Waals surface area contributed by atoms with Crippen LogP contribution in [0.1, 0.15) is 207 Å². The van der Waals surface area contributed by atoms with Crippen LogP contribution in [0.5, 0.6) is 0 Å². The molecule has 59 heavy (non-hydrogen) atoms. The second-order valence-corrected chi connectivity index (χ2v) is 17.6. The van der Waals surface area contributed by atoms with Crippen molar-refractivity contribution in [2.45, 2.75) is 225 Å². The Morgan fingerprint density at radius 3 is 1.61 bits per heavy atom. The first-order valence-corrected chi connectivity index (χ1v) is 25.1. The zero-order valence-electron chi connectivity index (χ0n) is 37.5. The van der Waals surface area contributed by atoms with Gasteiger partial charge in [0.2, 0.25) is 0 Å². The summed E-state index contributed by atoms with van der Waals surface area (Å²) >= 11 is 0. The predicted octanol–water partition coefficient (Wildman–Crippen LogP) is 12.5. The monoisotopic (exact) mass is 855 g/mol. The first-order chi connectivity index (χ1) is 28.5. The molecule has 0 bridgehead atoms. The van der Waals surface area contributed by atoms with Crippen molar-refractivity contribution < 1.29 is 48.2 Å². The molecule has 0 aliphatic rings. The van der Waals surface area contributed by atoms with Gasteiger partial charge in [0.15, 0.2) is 6.10 Å². The summed E-state index contributed by atoms with van der Waals surface area (Å²) in [6.45, 7) is 5.82. The molecule has 0 aliphatic carbocycles. The average Bonchev–Trinajstić information content (AvgIpc) is 3.20. The summed E-state index contributed by atoms with van der Waals surface area (Å²) in [5.41, 5.74) is 0. The van der Waals surface area contributed by atoms with Gasteiger partial charge in [-0.2, -0.15) is 0 Å². The van der Waals surface area contributed by atoms with Gasteiger partial charge in [0, 0.05) is 12.8 Å². The fourth-order valence-electron chi connectivity index (χ4n) is 6.60. The van der Waals surface area contributed by atoms with Gasteiger partial charge in [-0.1, -0.05) is 204 Å². The Morgan fingerprint density at radius 1 is 0.576 bits per heavy atom. The molecular formula is C48H87O10P. The lowest BCUT2D eigenvalue weighted by atomic mass is 9.99. The molecule has 0 saturated heterocycles. The molecule has 4 N–H and O–H groups in total. The molecule has 0 spiro atoms. The fraction of sp³-hybridized carbons (Fsp3) is 0.792. The molecule has 0 rings (SSSR count). The fourth-order valence-corrected chi connectivity index (χ4v) is 6.96. The molecule has 10 nitrogen and oxygen atoms in total. The molecule has 0 heterocycles. The third kappa shape index (κ3) is 43.8. The average molecular weight is 855 g/mol. The van der Waals surface area contributed by atoms with Gasteiger partial charge in [-0.15, -0.1) is 0 Å². The predicted molar refractivity (Wildman–Crippen MR) is 242 cm³/mol. The van der Waals surface area contributed by atoms with Crippen molar-refractivity contribution in [3.63, 3.8) is 0 Å². The molecule has 0 saturated carbocycles. The van der Waals surface area contributed by atoms with E-state index in [-0.39, 0.29) is 12.8 Å². The summed E-state index contributed by atoms with van der Waals surface area (Å²) in [4.78, 5) is 43.0. The molecule has 1 unspecified atom stereocenters. The van der Waals surface area contributed by atoms with Crippen LogP contribution in [0.2, 0.25) is 0 Å². The Morgan fingerprint density at radius 2 is 1.08 bits per heavy atom. The summed E-state index contributed by atoms with van der Waals surface area (Å²) in [7, 11) is -4.82. The summed E-state index contributed by atoms with van der Waals surface area (Å²) in [5.74, 6) is -0.230. The van der Waals surface area contributed by atoms with Gasteiger partial charge in [0.1, 0.15) is 6.61 Å². The van der Waals surface area contributed by atoms with Crippen molar-refractivity contribution in [3.8, 4) is 0 Å².